The minimum absolute atomic E-state index is 0.307. The lowest BCUT2D eigenvalue weighted by Gasteiger charge is -2.01. The molecule has 0 saturated carbocycles. The smallest absolute Gasteiger partial charge is 0.312 e. The first-order chi connectivity index (χ1) is 6.58. The molecule has 6 heteroatoms. The van der Waals surface area contributed by atoms with Crippen LogP contribution in [0.1, 0.15) is 6.42 Å². The number of hydrogen-bond donors (Lipinski definition) is 2. The summed E-state index contributed by atoms with van der Waals surface area (Å²) in [5.74, 6) is -1.77. The number of carbonyl (C=O) groups is 2. The van der Waals surface area contributed by atoms with Gasteiger partial charge in [0.25, 0.3) is 0 Å². The monoisotopic (exact) mass is 214 g/mol. The summed E-state index contributed by atoms with van der Waals surface area (Å²) in [4.78, 5) is 24.8. The summed E-state index contributed by atoms with van der Waals surface area (Å²) in [7, 11) is 0. The number of rotatable bonds is 3. The van der Waals surface area contributed by atoms with Crippen molar-refractivity contribution in [3.05, 3.63) is 23.5 Å². The molecule has 0 aliphatic rings. The molecule has 0 spiro atoms. The van der Waals surface area contributed by atoms with Gasteiger partial charge in [-0.3, -0.25) is 9.59 Å². The zero-order valence-corrected chi connectivity index (χ0v) is 7.78. The highest BCUT2D eigenvalue weighted by molar-refractivity contribution is 6.29. The van der Waals surface area contributed by atoms with E-state index in [2.05, 4.69) is 10.3 Å². The van der Waals surface area contributed by atoms with Gasteiger partial charge < -0.3 is 10.4 Å². The zero-order valence-electron chi connectivity index (χ0n) is 7.03. The fourth-order valence-electron chi connectivity index (χ4n) is 0.792. The molecule has 1 heterocycles. The number of aliphatic carboxylic acids is 1. The average molecular weight is 215 g/mol. The minimum atomic E-state index is -1.18. The van der Waals surface area contributed by atoms with Crippen molar-refractivity contribution < 1.29 is 14.7 Å². The minimum Gasteiger partial charge on any atom is -0.481 e. The molecule has 0 atom stereocenters. The maximum absolute atomic E-state index is 11.0. The van der Waals surface area contributed by atoms with Crippen molar-refractivity contribution in [2.45, 2.75) is 6.42 Å². The highest BCUT2D eigenvalue weighted by Crippen LogP contribution is 2.09. The van der Waals surface area contributed by atoms with Crippen LogP contribution in [-0.4, -0.2) is 22.0 Å². The van der Waals surface area contributed by atoms with Crippen LogP contribution in [-0.2, 0) is 9.59 Å². The summed E-state index contributed by atoms with van der Waals surface area (Å²) in [6, 6.07) is 3.03. The number of nitrogens with zero attached hydrogens (tertiary/aromatic N) is 1. The van der Waals surface area contributed by atoms with Crippen molar-refractivity contribution in [1.82, 2.24) is 4.98 Å². The van der Waals surface area contributed by atoms with Crippen molar-refractivity contribution in [3.63, 3.8) is 0 Å². The van der Waals surface area contributed by atoms with Gasteiger partial charge in [-0.05, 0) is 12.1 Å². The average Bonchev–Trinajstić information content (AvgIpc) is 2.07. The van der Waals surface area contributed by atoms with E-state index in [1.807, 2.05) is 0 Å². The maximum Gasteiger partial charge on any atom is 0.312 e. The number of carbonyl (C=O) groups excluding carboxylic acids is 1. The van der Waals surface area contributed by atoms with Gasteiger partial charge in [0.1, 0.15) is 11.6 Å². The van der Waals surface area contributed by atoms with Crippen molar-refractivity contribution >= 4 is 29.2 Å². The fraction of sp³-hybridized carbons (Fsp3) is 0.125. The number of pyridine rings is 1. The molecule has 2 N–H and O–H groups in total. The number of hydrogen-bond acceptors (Lipinski definition) is 3. The van der Waals surface area contributed by atoms with Crippen molar-refractivity contribution in [2.75, 3.05) is 5.32 Å². The van der Waals surface area contributed by atoms with E-state index in [0.29, 0.717) is 10.8 Å². The first-order valence-electron chi connectivity index (χ1n) is 3.71. The Labute approximate surface area is 84.7 Å². The lowest BCUT2D eigenvalue weighted by atomic mass is 10.3. The number of carboxylic acid groups (broad SMARTS) is 1. The quantitative estimate of drug-likeness (QED) is 0.584. The van der Waals surface area contributed by atoms with E-state index in [1.165, 1.54) is 18.3 Å². The Kier molecular flexibility index (Phi) is 3.41. The van der Waals surface area contributed by atoms with Crippen LogP contribution < -0.4 is 5.32 Å². The third-order valence-electron chi connectivity index (χ3n) is 1.32. The van der Waals surface area contributed by atoms with E-state index in [9.17, 15) is 9.59 Å². The standard InChI is InChI=1S/C8H7ClN2O3/c9-6-2-1-5(4-10-6)11-7(12)3-8(13)14/h1-2,4H,3H2,(H,11,12)(H,13,14). The Bertz CT molecular complexity index is 350. The van der Waals surface area contributed by atoms with E-state index < -0.39 is 18.3 Å². The third-order valence-corrected chi connectivity index (χ3v) is 1.55. The van der Waals surface area contributed by atoms with Gasteiger partial charge in [0.15, 0.2) is 0 Å². The Morgan fingerprint density at radius 3 is 2.71 bits per heavy atom. The predicted molar refractivity (Wildman–Crippen MR) is 50.1 cm³/mol. The molecule has 0 radical (unpaired) electrons. The van der Waals surface area contributed by atoms with E-state index in [-0.39, 0.29) is 0 Å². The topological polar surface area (TPSA) is 79.3 Å². The summed E-state index contributed by atoms with van der Waals surface area (Å²) in [6.07, 6.45) is 0.782. The van der Waals surface area contributed by atoms with Gasteiger partial charge in [-0.15, -0.1) is 0 Å². The van der Waals surface area contributed by atoms with Gasteiger partial charge in [0, 0.05) is 0 Å². The van der Waals surface area contributed by atoms with Crippen LogP contribution in [0.25, 0.3) is 0 Å². The molecule has 0 aliphatic carbocycles. The van der Waals surface area contributed by atoms with Gasteiger partial charge in [0.05, 0.1) is 11.9 Å². The molecule has 0 saturated heterocycles. The van der Waals surface area contributed by atoms with E-state index in [4.69, 9.17) is 16.7 Å². The Balaban J connectivity index is 2.56. The van der Waals surface area contributed by atoms with Crippen LogP contribution in [0.15, 0.2) is 18.3 Å². The second-order valence-electron chi connectivity index (χ2n) is 2.49. The summed E-state index contributed by atoms with van der Waals surface area (Å²) in [5, 5.41) is 11.0. The lowest BCUT2D eigenvalue weighted by Crippen LogP contribution is -2.15. The lowest BCUT2D eigenvalue weighted by molar-refractivity contribution is -0.139. The number of nitrogens with one attached hydrogen (secondary N) is 1. The Morgan fingerprint density at radius 2 is 2.21 bits per heavy atom. The Hall–Kier alpha value is -1.62. The van der Waals surface area contributed by atoms with Gasteiger partial charge in [-0.1, -0.05) is 11.6 Å². The molecule has 0 aliphatic heterocycles. The van der Waals surface area contributed by atoms with E-state index in [0.717, 1.165) is 0 Å². The molecule has 0 bridgehead atoms. The van der Waals surface area contributed by atoms with Gasteiger partial charge in [-0.2, -0.15) is 0 Å². The van der Waals surface area contributed by atoms with Gasteiger partial charge in [-0.25, -0.2) is 4.98 Å². The van der Waals surface area contributed by atoms with Crippen LogP contribution in [0.5, 0.6) is 0 Å². The number of amides is 1. The molecule has 74 valence electrons. The van der Waals surface area contributed by atoms with Crippen molar-refractivity contribution in [2.24, 2.45) is 0 Å². The highest BCUT2D eigenvalue weighted by atomic mass is 35.5. The SMILES string of the molecule is O=C(O)CC(=O)Nc1ccc(Cl)nc1. The van der Waals surface area contributed by atoms with Crippen LogP contribution in [0, 0.1) is 0 Å². The molecule has 1 amide bonds. The molecule has 0 aromatic carbocycles. The third kappa shape index (κ3) is 3.40. The number of carboxylic acids is 1. The summed E-state index contributed by atoms with van der Waals surface area (Å²) in [5.41, 5.74) is 0.417. The molecule has 1 rings (SSSR count). The fourth-order valence-corrected chi connectivity index (χ4v) is 0.904. The molecular weight excluding hydrogens is 208 g/mol. The van der Waals surface area contributed by atoms with E-state index in [1.54, 1.807) is 0 Å². The number of anilines is 1. The summed E-state index contributed by atoms with van der Waals surface area (Å²) in [6.45, 7) is 0. The van der Waals surface area contributed by atoms with E-state index >= 15 is 0 Å². The second kappa shape index (κ2) is 4.57. The summed E-state index contributed by atoms with van der Waals surface area (Å²) >= 11 is 5.51. The summed E-state index contributed by atoms with van der Waals surface area (Å²) < 4.78 is 0. The molecule has 0 unspecified atom stereocenters. The van der Waals surface area contributed by atoms with Crippen LogP contribution in [0.3, 0.4) is 0 Å². The number of aromatic nitrogens is 1. The predicted octanol–water partition coefficient (Wildman–Crippen LogP) is 1.15. The van der Waals surface area contributed by atoms with Crippen LogP contribution >= 0.6 is 11.6 Å². The molecule has 14 heavy (non-hydrogen) atoms. The molecule has 5 nitrogen and oxygen atoms in total. The molecule has 1 aromatic heterocycles. The molecule has 0 fully saturated rings. The molecular formula is C8H7ClN2O3. The van der Waals surface area contributed by atoms with Crippen LogP contribution in [0.4, 0.5) is 5.69 Å². The first kappa shape index (κ1) is 10.5. The highest BCUT2D eigenvalue weighted by Gasteiger charge is 2.07. The van der Waals surface area contributed by atoms with Crippen LogP contribution in [0.2, 0.25) is 5.15 Å². The largest absolute Gasteiger partial charge is 0.481 e. The zero-order chi connectivity index (χ0) is 10.6. The van der Waals surface area contributed by atoms with Crippen molar-refractivity contribution in [3.8, 4) is 0 Å². The van der Waals surface area contributed by atoms with Crippen molar-refractivity contribution in [1.29, 1.82) is 0 Å². The molecule has 1 aromatic rings. The first-order valence-corrected chi connectivity index (χ1v) is 4.09. The number of halogens is 1. The normalized spacial score (nSPS) is 9.50. The Morgan fingerprint density at radius 1 is 1.50 bits per heavy atom. The van der Waals surface area contributed by atoms with Gasteiger partial charge >= 0.3 is 5.97 Å². The van der Waals surface area contributed by atoms with Gasteiger partial charge in [0.2, 0.25) is 5.91 Å². The maximum atomic E-state index is 11.0. The second-order valence-corrected chi connectivity index (χ2v) is 2.88.